The number of aromatic nitrogens is 3. The summed E-state index contributed by atoms with van der Waals surface area (Å²) in [4.78, 5) is 19.2. The number of ether oxygens (including phenoxy) is 1. The number of rotatable bonds is 2. The molecule has 0 aliphatic carbocycles. The van der Waals surface area contributed by atoms with Crippen molar-refractivity contribution in [2.75, 3.05) is 18.1 Å². The number of nitrogens with zero attached hydrogens (tertiary/aromatic N) is 4. The Morgan fingerprint density at radius 2 is 2.26 bits per heavy atom. The van der Waals surface area contributed by atoms with Crippen LogP contribution in [-0.4, -0.2) is 33.8 Å². The van der Waals surface area contributed by atoms with Gasteiger partial charge < -0.3 is 9.64 Å². The molecule has 23 heavy (non-hydrogen) atoms. The summed E-state index contributed by atoms with van der Waals surface area (Å²) in [6.45, 7) is 3.37. The Kier molecular flexibility index (Phi) is 3.41. The predicted molar refractivity (Wildman–Crippen MR) is 85.0 cm³/mol. The second kappa shape index (κ2) is 5.45. The van der Waals surface area contributed by atoms with E-state index in [1.165, 1.54) is 0 Å². The number of anilines is 1. The zero-order valence-electron chi connectivity index (χ0n) is 13.4. The van der Waals surface area contributed by atoms with E-state index in [1.807, 2.05) is 42.0 Å². The van der Waals surface area contributed by atoms with Gasteiger partial charge in [0.15, 0.2) is 0 Å². The third-order valence-corrected chi connectivity index (χ3v) is 5.03. The summed E-state index contributed by atoms with van der Waals surface area (Å²) in [6, 6.07) is 1.93. The molecule has 0 saturated carbocycles. The van der Waals surface area contributed by atoms with Crippen LogP contribution in [0.5, 0.6) is 0 Å². The Morgan fingerprint density at radius 3 is 3.04 bits per heavy atom. The third kappa shape index (κ3) is 2.25. The summed E-state index contributed by atoms with van der Waals surface area (Å²) in [5.74, 6) is 0.0118. The molecule has 0 radical (unpaired) electrons. The fraction of sp³-hybridized carbons (Fsp3) is 0.471. The van der Waals surface area contributed by atoms with Crippen molar-refractivity contribution >= 4 is 11.6 Å². The SMILES string of the molecule is Cc1c([C@H]2OCC[C@@H]2C(=O)N2CCc3cnccc32)cnn1C. The summed E-state index contributed by atoms with van der Waals surface area (Å²) < 4.78 is 7.73. The summed E-state index contributed by atoms with van der Waals surface area (Å²) in [6.07, 6.45) is 6.87. The van der Waals surface area contributed by atoms with Crippen LogP contribution in [0.15, 0.2) is 24.7 Å². The molecule has 0 N–H and O–H groups in total. The second-order valence-corrected chi connectivity index (χ2v) is 6.24. The van der Waals surface area contributed by atoms with Gasteiger partial charge in [-0.2, -0.15) is 5.10 Å². The van der Waals surface area contributed by atoms with Gasteiger partial charge in [-0.15, -0.1) is 0 Å². The zero-order valence-corrected chi connectivity index (χ0v) is 13.4. The Labute approximate surface area is 135 Å². The van der Waals surface area contributed by atoms with Crippen LogP contribution < -0.4 is 4.90 Å². The highest BCUT2D eigenvalue weighted by atomic mass is 16.5. The van der Waals surface area contributed by atoms with Gasteiger partial charge in [0.1, 0.15) is 0 Å². The Hall–Kier alpha value is -2.21. The van der Waals surface area contributed by atoms with Crippen molar-refractivity contribution < 1.29 is 9.53 Å². The number of fused-ring (bicyclic) bond motifs is 1. The van der Waals surface area contributed by atoms with Gasteiger partial charge in [0, 0.05) is 49.5 Å². The molecule has 0 spiro atoms. The topological polar surface area (TPSA) is 60.2 Å². The first-order chi connectivity index (χ1) is 11.2. The lowest BCUT2D eigenvalue weighted by molar-refractivity contribution is -0.124. The highest BCUT2D eigenvalue weighted by molar-refractivity contribution is 5.97. The molecule has 2 aliphatic rings. The van der Waals surface area contributed by atoms with Gasteiger partial charge in [-0.1, -0.05) is 0 Å². The number of amides is 1. The normalized spacial score (nSPS) is 23.3. The molecule has 0 aromatic carbocycles. The minimum absolute atomic E-state index is 0.142. The largest absolute Gasteiger partial charge is 0.373 e. The first kappa shape index (κ1) is 14.4. The fourth-order valence-corrected chi connectivity index (χ4v) is 3.60. The lowest BCUT2D eigenvalue weighted by atomic mass is 9.94. The van der Waals surface area contributed by atoms with E-state index in [-0.39, 0.29) is 17.9 Å². The highest BCUT2D eigenvalue weighted by Crippen LogP contribution is 2.39. The average molecular weight is 312 g/mol. The minimum atomic E-state index is -0.193. The lowest BCUT2D eigenvalue weighted by Gasteiger charge is -2.24. The lowest BCUT2D eigenvalue weighted by Crippen LogP contribution is -2.36. The monoisotopic (exact) mass is 312 g/mol. The van der Waals surface area contributed by atoms with E-state index < -0.39 is 0 Å². The molecule has 4 rings (SSSR count). The standard InChI is InChI=1S/C17H20N4O2/c1-11-14(10-19-20(11)2)16-13(5-8-23-16)17(22)21-7-4-12-9-18-6-3-15(12)21/h3,6,9-10,13,16H,4-5,7-8H2,1-2H3/t13-,16-/m0/s1. The zero-order chi connectivity index (χ0) is 16.0. The van der Waals surface area contributed by atoms with Gasteiger partial charge in [-0.05, 0) is 31.4 Å². The van der Waals surface area contributed by atoms with E-state index in [0.717, 1.165) is 41.9 Å². The quantitative estimate of drug-likeness (QED) is 0.848. The van der Waals surface area contributed by atoms with Crippen LogP contribution in [0.25, 0.3) is 0 Å². The van der Waals surface area contributed by atoms with Crippen molar-refractivity contribution in [2.24, 2.45) is 13.0 Å². The van der Waals surface area contributed by atoms with E-state index in [0.29, 0.717) is 6.61 Å². The van der Waals surface area contributed by atoms with Gasteiger partial charge in [0.25, 0.3) is 0 Å². The van der Waals surface area contributed by atoms with E-state index in [1.54, 1.807) is 6.20 Å². The molecule has 2 aliphatic heterocycles. The molecule has 6 nitrogen and oxygen atoms in total. The van der Waals surface area contributed by atoms with Crippen molar-refractivity contribution in [1.82, 2.24) is 14.8 Å². The average Bonchev–Trinajstić information content (AvgIpc) is 3.27. The molecule has 0 unspecified atom stereocenters. The molecule has 2 atom stereocenters. The molecule has 0 bridgehead atoms. The molecule has 1 saturated heterocycles. The third-order valence-electron chi connectivity index (χ3n) is 5.03. The van der Waals surface area contributed by atoms with Crippen LogP contribution in [0.4, 0.5) is 5.69 Å². The molecule has 1 amide bonds. The maximum atomic E-state index is 13.1. The number of aryl methyl sites for hydroxylation is 1. The number of carbonyl (C=O) groups is 1. The van der Waals surface area contributed by atoms with E-state index in [9.17, 15) is 4.79 Å². The van der Waals surface area contributed by atoms with E-state index in [2.05, 4.69) is 10.1 Å². The van der Waals surface area contributed by atoms with Gasteiger partial charge in [0.05, 0.1) is 18.2 Å². The number of carbonyl (C=O) groups excluding carboxylic acids is 1. The van der Waals surface area contributed by atoms with Gasteiger partial charge in [0.2, 0.25) is 5.91 Å². The maximum absolute atomic E-state index is 13.1. The van der Waals surface area contributed by atoms with Crippen LogP contribution >= 0.6 is 0 Å². The molecule has 120 valence electrons. The Balaban J connectivity index is 1.62. The van der Waals surface area contributed by atoms with Crippen molar-refractivity contribution in [1.29, 1.82) is 0 Å². The van der Waals surface area contributed by atoms with Crippen LogP contribution in [0.3, 0.4) is 0 Å². The first-order valence-corrected chi connectivity index (χ1v) is 8.01. The molecule has 4 heterocycles. The predicted octanol–water partition coefficient (Wildman–Crippen LogP) is 1.79. The van der Waals surface area contributed by atoms with Crippen LogP contribution in [-0.2, 0) is 23.0 Å². The molecular weight excluding hydrogens is 292 g/mol. The summed E-state index contributed by atoms with van der Waals surface area (Å²) in [5, 5.41) is 4.29. The maximum Gasteiger partial charge on any atom is 0.233 e. The van der Waals surface area contributed by atoms with Gasteiger partial charge in [-0.25, -0.2) is 0 Å². The van der Waals surface area contributed by atoms with Crippen LogP contribution in [0.2, 0.25) is 0 Å². The molecule has 6 heteroatoms. The molecule has 1 fully saturated rings. The number of pyridine rings is 1. The summed E-state index contributed by atoms with van der Waals surface area (Å²) in [7, 11) is 1.91. The first-order valence-electron chi connectivity index (χ1n) is 8.01. The van der Waals surface area contributed by atoms with Crippen LogP contribution in [0, 0.1) is 12.8 Å². The van der Waals surface area contributed by atoms with E-state index in [4.69, 9.17) is 4.74 Å². The Bertz CT molecular complexity index is 755. The highest BCUT2D eigenvalue weighted by Gasteiger charge is 2.40. The smallest absolute Gasteiger partial charge is 0.233 e. The van der Waals surface area contributed by atoms with Crippen molar-refractivity contribution in [3.8, 4) is 0 Å². The summed E-state index contributed by atoms with van der Waals surface area (Å²) >= 11 is 0. The van der Waals surface area contributed by atoms with Gasteiger partial charge >= 0.3 is 0 Å². The van der Waals surface area contributed by atoms with Crippen molar-refractivity contribution in [2.45, 2.75) is 25.9 Å². The Morgan fingerprint density at radius 1 is 1.39 bits per heavy atom. The molecule has 2 aromatic rings. The van der Waals surface area contributed by atoms with E-state index >= 15 is 0 Å². The molecule has 2 aromatic heterocycles. The molecular formula is C17H20N4O2. The number of hydrogen-bond acceptors (Lipinski definition) is 4. The minimum Gasteiger partial charge on any atom is -0.373 e. The second-order valence-electron chi connectivity index (χ2n) is 6.24. The van der Waals surface area contributed by atoms with Crippen molar-refractivity contribution in [3.05, 3.63) is 41.5 Å². The van der Waals surface area contributed by atoms with Gasteiger partial charge in [-0.3, -0.25) is 14.5 Å². The fourth-order valence-electron chi connectivity index (χ4n) is 3.60. The van der Waals surface area contributed by atoms with Crippen molar-refractivity contribution in [3.63, 3.8) is 0 Å². The summed E-state index contributed by atoms with van der Waals surface area (Å²) in [5.41, 5.74) is 4.23. The number of hydrogen-bond donors (Lipinski definition) is 0. The van der Waals surface area contributed by atoms with Crippen LogP contribution in [0.1, 0.15) is 29.3 Å².